The molecule has 1 heterocycles. The van der Waals surface area contributed by atoms with E-state index in [0.717, 1.165) is 22.5 Å². The standard InChI is InChI=1S/C21H20FNO4/c1-2-27-21(26)20(25)11-19(24)17-13-23(18-6-4-3-5-16(17)18)12-14-7-9-15(22)10-8-14/h3-11,13,19,24-25H,2,12H2,1H3/b20-11+. The highest BCUT2D eigenvalue weighted by atomic mass is 19.1. The van der Waals surface area contributed by atoms with Crippen LogP contribution < -0.4 is 0 Å². The van der Waals surface area contributed by atoms with Crippen molar-refractivity contribution in [1.29, 1.82) is 0 Å². The van der Waals surface area contributed by atoms with Crippen molar-refractivity contribution in [3.05, 3.63) is 83.5 Å². The summed E-state index contributed by atoms with van der Waals surface area (Å²) in [5, 5.41) is 21.1. The summed E-state index contributed by atoms with van der Waals surface area (Å²) in [6.07, 6.45) is 1.63. The zero-order chi connectivity index (χ0) is 19.4. The zero-order valence-electron chi connectivity index (χ0n) is 14.8. The van der Waals surface area contributed by atoms with E-state index in [4.69, 9.17) is 4.74 Å². The van der Waals surface area contributed by atoms with Crippen LogP contribution in [-0.4, -0.2) is 27.4 Å². The Morgan fingerprint density at radius 3 is 2.63 bits per heavy atom. The number of halogens is 1. The molecule has 0 bridgehead atoms. The van der Waals surface area contributed by atoms with Crippen molar-refractivity contribution in [2.75, 3.05) is 6.61 Å². The second-order valence-electron chi connectivity index (χ2n) is 6.07. The first-order chi connectivity index (χ1) is 13.0. The number of aliphatic hydroxyl groups excluding tert-OH is 2. The van der Waals surface area contributed by atoms with Gasteiger partial charge in [0, 0.05) is 29.2 Å². The van der Waals surface area contributed by atoms with Gasteiger partial charge in [0.15, 0.2) is 0 Å². The summed E-state index contributed by atoms with van der Waals surface area (Å²) >= 11 is 0. The van der Waals surface area contributed by atoms with Crippen molar-refractivity contribution in [3.63, 3.8) is 0 Å². The Morgan fingerprint density at radius 1 is 1.22 bits per heavy atom. The van der Waals surface area contributed by atoms with Crippen LogP contribution in [0.2, 0.25) is 0 Å². The summed E-state index contributed by atoms with van der Waals surface area (Å²) in [5.74, 6) is -1.82. The fourth-order valence-electron chi connectivity index (χ4n) is 2.94. The van der Waals surface area contributed by atoms with Crippen molar-refractivity contribution in [1.82, 2.24) is 4.57 Å². The van der Waals surface area contributed by atoms with E-state index in [9.17, 15) is 19.4 Å². The van der Waals surface area contributed by atoms with Gasteiger partial charge >= 0.3 is 5.97 Å². The SMILES string of the molecule is CCOC(=O)/C(O)=C\C(O)c1cn(Cc2ccc(F)cc2)c2ccccc12. The van der Waals surface area contributed by atoms with Crippen LogP contribution in [0, 0.1) is 5.82 Å². The zero-order valence-corrected chi connectivity index (χ0v) is 14.8. The van der Waals surface area contributed by atoms with Crippen LogP contribution in [0.4, 0.5) is 4.39 Å². The predicted octanol–water partition coefficient (Wildman–Crippen LogP) is 3.87. The minimum absolute atomic E-state index is 0.129. The number of aromatic nitrogens is 1. The minimum atomic E-state index is -1.19. The fourth-order valence-corrected chi connectivity index (χ4v) is 2.94. The minimum Gasteiger partial charge on any atom is -0.502 e. The van der Waals surface area contributed by atoms with Gasteiger partial charge in [-0.1, -0.05) is 30.3 Å². The van der Waals surface area contributed by atoms with Gasteiger partial charge in [0.1, 0.15) is 11.9 Å². The highest BCUT2D eigenvalue weighted by Gasteiger charge is 2.17. The number of benzene rings is 2. The maximum Gasteiger partial charge on any atom is 0.373 e. The number of hydrogen-bond donors (Lipinski definition) is 2. The van der Waals surface area contributed by atoms with Crippen LogP contribution in [0.1, 0.15) is 24.2 Å². The molecule has 0 aliphatic rings. The summed E-state index contributed by atoms with van der Waals surface area (Å²) in [4.78, 5) is 11.6. The molecule has 0 aliphatic heterocycles. The molecule has 0 saturated carbocycles. The Morgan fingerprint density at radius 2 is 1.93 bits per heavy atom. The number of carbonyl (C=O) groups is 1. The first-order valence-corrected chi connectivity index (χ1v) is 8.57. The van der Waals surface area contributed by atoms with E-state index in [0.29, 0.717) is 12.1 Å². The largest absolute Gasteiger partial charge is 0.502 e. The Balaban J connectivity index is 1.95. The van der Waals surface area contributed by atoms with E-state index >= 15 is 0 Å². The molecule has 3 rings (SSSR count). The van der Waals surface area contributed by atoms with Gasteiger partial charge in [0.2, 0.25) is 5.76 Å². The Kier molecular flexibility index (Phi) is 5.57. The molecule has 1 atom stereocenters. The summed E-state index contributed by atoms with van der Waals surface area (Å²) in [6, 6.07) is 13.7. The monoisotopic (exact) mass is 369 g/mol. The smallest absolute Gasteiger partial charge is 0.373 e. The van der Waals surface area contributed by atoms with Gasteiger partial charge in [0.05, 0.1) is 6.61 Å². The molecule has 0 saturated heterocycles. The predicted molar refractivity (Wildman–Crippen MR) is 99.7 cm³/mol. The molecular weight excluding hydrogens is 349 g/mol. The molecule has 0 aliphatic carbocycles. The van der Waals surface area contributed by atoms with Crippen LogP contribution in [0.3, 0.4) is 0 Å². The van der Waals surface area contributed by atoms with Crippen LogP contribution in [0.5, 0.6) is 0 Å². The van der Waals surface area contributed by atoms with Crippen molar-refractivity contribution < 1.29 is 24.1 Å². The highest BCUT2D eigenvalue weighted by molar-refractivity contribution is 5.87. The second kappa shape index (κ2) is 8.05. The van der Waals surface area contributed by atoms with Gasteiger partial charge in [0.25, 0.3) is 0 Å². The number of nitrogens with zero attached hydrogens (tertiary/aromatic N) is 1. The van der Waals surface area contributed by atoms with Gasteiger partial charge in [-0.2, -0.15) is 0 Å². The molecule has 27 heavy (non-hydrogen) atoms. The molecule has 3 aromatic rings. The number of fused-ring (bicyclic) bond motifs is 1. The Labute approximate surface area is 155 Å². The lowest BCUT2D eigenvalue weighted by atomic mass is 10.1. The number of esters is 1. The first kappa shape index (κ1) is 18.7. The number of hydrogen-bond acceptors (Lipinski definition) is 4. The maximum absolute atomic E-state index is 13.1. The maximum atomic E-state index is 13.1. The number of para-hydroxylation sites is 1. The third-order valence-corrected chi connectivity index (χ3v) is 4.20. The van der Waals surface area contributed by atoms with E-state index in [1.54, 1.807) is 25.3 Å². The van der Waals surface area contributed by atoms with Gasteiger partial charge in [-0.15, -0.1) is 0 Å². The Bertz CT molecular complexity index is 976. The number of aliphatic hydroxyl groups is 2. The van der Waals surface area contributed by atoms with Crippen LogP contribution in [0.25, 0.3) is 10.9 Å². The average Bonchev–Trinajstić information content (AvgIpc) is 3.02. The molecule has 0 fully saturated rings. The van der Waals surface area contributed by atoms with Gasteiger partial charge in [-0.3, -0.25) is 0 Å². The Hall–Kier alpha value is -3.12. The van der Waals surface area contributed by atoms with Crippen molar-refractivity contribution in [2.45, 2.75) is 19.6 Å². The molecule has 2 N–H and O–H groups in total. The van der Waals surface area contributed by atoms with Crippen molar-refractivity contribution in [2.24, 2.45) is 0 Å². The molecular formula is C21H20FNO4. The van der Waals surface area contributed by atoms with Gasteiger partial charge in [-0.25, -0.2) is 9.18 Å². The molecule has 0 radical (unpaired) electrons. The van der Waals surface area contributed by atoms with E-state index in [1.165, 1.54) is 12.1 Å². The molecule has 1 unspecified atom stereocenters. The summed E-state index contributed by atoms with van der Waals surface area (Å²) in [7, 11) is 0. The average molecular weight is 369 g/mol. The summed E-state index contributed by atoms with van der Waals surface area (Å²) in [5.41, 5.74) is 2.33. The molecule has 6 heteroatoms. The molecule has 1 aromatic heterocycles. The van der Waals surface area contributed by atoms with Crippen LogP contribution in [0.15, 0.2) is 66.6 Å². The number of carbonyl (C=O) groups excluding carboxylic acids is 1. The first-order valence-electron chi connectivity index (χ1n) is 8.57. The lowest BCUT2D eigenvalue weighted by Gasteiger charge is -2.06. The van der Waals surface area contributed by atoms with Crippen LogP contribution >= 0.6 is 0 Å². The number of ether oxygens (including phenoxy) is 1. The quantitative estimate of drug-likeness (QED) is 0.393. The molecule has 140 valence electrons. The molecule has 2 aromatic carbocycles. The fraction of sp³-hybridized carbons (Fsp3) is 0.190. The second-order valence-corrected chi connectivity index (χ2v) is 6.07. The summed E-state index contributed by atoms with van der Waals surface area (Å²) in [6.45, 7) is 2.25. The molecule has 0 spiro atoms. The van der Waals surface area contributed by atoms with E-state index in [-0.39, 0.29) is 12.4 Å². The molecule has 0 amide bonds. The normalized spacial score (nSPS) is 12.9. The van der Waals surface area contributed by atoms with Crippen LogP contribution in [-0.2, 0) is 16.1 Å². The third kappa shape index (κ3) is 4.17. The van der Waals surface area contributed by atoms with Crippen molar-refractivity contribution >= 4 is 16.9 Å². The molecule has 5 nitrogen and oxygen atoms in total. The van der Waals surface area contributed by atoms with Gasteiger partial charge < -0.3 is 19.5 Å². The van der Waals surface area contributed by atoms with E-state index < -0.39 is 17.8 Å². The van der Waals surface area contributed by atoms with Crippen molar-refractivity contribution in [3.8, 4) is 0 Å². The summed E-state index contributed by atoms with van der Waals surface area (Å²) < 4.78 is 19.8. The third-order valence-electron chi connectivity index (χ3n) is 4.20. The lowest BCUT2D eigenvalue weighted by molar-refractivity contribution is -0.141. The van der Waals surface area contributed by atoms with E-state index in [2.05, 4.69) is 0 Å². The van der Waals surface area contributed by atoms with Gasteiger partial charge in [-0.05, 0) is 36.8 Å². The highest BCUT2D eigenvalue weighted by Crippen LogP contribution is 2.28. The topological polar surface area (TPSA) is 71.7 Å². The number of rotatable bonds is 6. The lowest BCUT2D eigenvalue weighted by Crippen LogP contribution is -2.08. The van der Waals surface area contributed by atoms with E-state index in [1.807, 2.05) is 28.8 Å².